The van der Waals surface area contributed by atoms with Crippen LogP contribution in [0.3, 0.4) is 0 Å². The van der Waals surface area contributed by atoms with Crippen LogP contribution in [0.5, 0.6) is 0 Å². The van der Waals surface area contributed by atoms with Gasteiger partial charge in [-0.25, -0.2) is 16.8 Å². The highest BCUT2D eigenvalue weighted by molar-refractivity contribution is 7.90. The molecule has 158 valence electrons. The van der Waals surface area contributed by atoms with Crippen molar-refractivity contribution in [3.63, 3.8) is 0 Å². The van der Waals surface area contributed by atoms with E-state index in [0.29, 0.717) is 30.6 Å². The molecule has 2 aromatic carbocycles. The highest BCUT2D eigenvalue weighted by atomic mass is 32.2. The van der Waals surface area contributed by atoms with Crippen molar-refractivity contribution < 1.29 is 21.6 Å². The predicted molar refractivity (Wildman–Crippen MR) is 111 cm³/mol. The molecule has 0 radical (unpaired) electrons. The summed E-state index contributed by atoms with van der Waals surface area (Å²) in [5, 5.41) is 8.85. The first-order valence-electron chi connectivity index (χ1n) is 9.14. The highest BCUT2D eigenvalue weighted by Gasteiger charge is 2.28. The van der Waals surface area contributed by atoms with Crippen LogP contribution in [0, 0.1) is 11.3 Å². The number of carbonyl (C=O) groups excluding carboxylic acids is 1. The lowest BCUT2D eigenvalue weighted by Crippen LogP contribution is -2.43. The van der Waals surface area contributed by atoms with Gasteiger partial charge in [0, 0.05) is 25.5 Å². The number of amides is 1. The van der Waals surface area contributed by atoms with Crippen molar-refractivity contribution in [2.75, 3.05) is 31.3 Å². The Balaban J connectivity index is 1.82. The monoisotopic (exact) mass is 447 g/mol. The van der Waals surface area contributed by atoms with Gasteiger partial charge in [-0.15, -0.1) is 0 Å². The molecule has 1 aliphatic rings. The lowest BCUT2D eigenvalue weighted by atomic mass is 10.0. The lowest BCUT2D eigenvalue weighted by Gasteiger charge is -2.31. The van der Waals surface area contributed by atoms with Crippen LogP contribution >= 0.6 is 0 Å². The van der Waals surface area contributed by atoms with Crippen molar-refractivity contribution in [2.24, 2.45) is 0 Å². The maximum absolute atomic E-state index is 12.9. The molecule has 1 amide bonds. The van der Waals surface area contributed by atoms with E-state index in [1.807, 2.05) is 6.07 Å². The number of hydrogen-bond donors (Lipinski definition) is 0. The molecule has 0 bridgehead atoms. The largest absolute Gasteiger partial charge is 0.311 e. The molecule has 0 unspecified atom stereocenters. The number of hydrogen-bond acceptors (Lipinski definition) is 6. The molecule has 3 rings (SSSR count). The van der Waals surface area contributed by atoms with E-state index in [0.717, 1.165) is 16.1 Å². The van der Waals surface area contributed by atoms with Crippen molar-refractivity contribution in [2.45, 2.75) is 22.6 Å². The SMILES string of the molecule is CN(CC(=O)N1CCCc2cc(S(C)(=O)=O)ccc21)S(=O)(=O)c1ccc(C#N)cc1. The number of benzene rings is 2. The summed E-state index contributed by atoms with van der Waals surface area (Å²) in [6.45, 7) is 0.0599. The molecule has 0 spiro atoms. The van der Waals surface area contributed by atoms with Gasteiger partial charge in [-0.05, 0) is 60.9 Å². The van der Waals surface area contributed by atoms with E-state index in [4.69, 9.17) is 5.26 Å². The first kappa shape index (κ1) is 22.0. The minimum atomic E-state index is -3.90. The molecule has 0 saturated heterocycles. The molecule has 1 aliphatic heterocycles. The normalized spacial score (nSPS) is 14.3. The minimum absolute atomic E-state index is 0.00589. The number of nitrogens with zero attached hydrogens (tertiary/aromatic N) is 3. The topological polar surface area (TPSA) is 116 Å². The van der Waals surface area contributed by atoms with Crippen LogP contribution in [0.1, 0.15) is 17.5 Å². The van der Waals surface area contributed by atoms with Gasteiger partial charge in [0.1, 0.15) is 0 Å². The Morgan fingerprint density at radius 1 is 1.10 bits per heavy atom. The van der Waals surface area contributed by atoms with E-state index >= 15 is 0 Å². The van der Waals surface area contributed by atoms with E-state index in [1.165, 1.54) is 42.3 Å². The smallest absolute Gasteiger partial charge is 0.243 e. The van der Waals surface area contributed by atoms with Gasteiger partial charge in [-0.2, -0.15) is 9.57 Å². The Morgan fingerprint density at radius 2 is 1.73 bits per heavy atom. The summed E-state index contributed by atoms with van der Waals surface area (Å²) in [7, 11) is -5.94. The Kier molecular flexibility index (Phi) is 5.99. The fourth-order valence-corrected chi connectivity index (χ4v) is 5.10. The van der Waals surface area contributed by atoms with Crippen LogP contribution in [-0.2, 0) is 31.1 Å². The average molecular weight is 448 g/mol. The molecule has 0 fully saturated rings. The first-order valence-corrected chi connectivity index (χ1v) is 12.5. The number of likely N-dealkylation sites (N-methyl/N-ethyl adjacent to an activating group) is 1. The summed E-state index contributed by atoms with van der Waals surface area (Å²) in [5.41, 5.74) is 1.68. The number of nitriles is 1. The minimum Gasteiger partial charge on any atom is -0.311 e. The predicted octanol–water partition coefficient (Wildman–Crippen LogP) is 1.56. The van der Waals surface area contributed by atoms with Gasteiger partial charge in [0.15, 0.2) is 9.84 Å². The zero-order chi connectivity index (χ0) is 22.1. The number of fused-ring (bicyclic) bond motifs is 1. The summed E-state index contributed by atoms with van der Waals surface area (Å²) in [6, 6.07) is 12.0. The second-order valence-electron chi connectivity index (χ2n) is 7.11. The van der Waals surface area contributed by atoms with Crippen molar-refractivity contribution in [3.8, 4) is 6.07 Å². The Morgan fingerprint density at radius 3 is 2.33 bits per heavy atom. The highest BCUT2D eigenvalue weighted by Crippen LogP contribution is 2.30. The fraction of sp³-hybridized carbons (Fsp3) is 0.300. The summed E-state index contributed by atoms with van der Waals surface area (Å²) < 4.78 is 50.1. The molecule has 10 heteroatoms. The number of sulfone groups is 1. The number of aryl methyl sites for hydroxylation is 1. The molecular formula is C20H21N3O5S2. The van der Waals surface area contributed by atoms with E-state index in [9.17, 15) is 21.6 Å². The van der Waals surface area contributed by atoms with Crippen LogP contribution in [0.4, 0.5) is 5.69 Å². The van der Waals surface area contributed by atoms with E-state index < -0.39 is 25.8 Å². The third kappa shape index (κ3) is 4.38. The Labute approximate surface area is 176 Å². The fourth-order valence-electron chi connectivity index (χ4n) is 3.31. The van der Waals surface area contributed by atoms with Crippen molar-refractivity contribution in [1.29, 1.82) is 5.26 Å². The van der Waals surface area contributed by atoms with Gasteiger partial charge in [0.25, 0.3) is 0 Å². The number of rotatable bonds is 5. The van der Waals surface area contributed by atoms with Crippen molar-refractivity contribution in [1.82, 2.24) is 4.31 Å². The molecular weight excluding hydrogens is 426 g/mol. The molecule has 1 heterocycles. The summed E-state index contributed by atoms with van der Waals surface area (Å²) in [4.78, 5) is 14.6. The van der Waals surface area contributed by atoms with Gasteiger partial charge >= 0.3 is 0 Å². The molecule has 0 aliphatic carbocycles. The van der Waals surface area contributed by atoms with Crippen LogP contribution in [0.2, 0.25) is 0 Å². The number of carbonyl (C=O) groups is 1. The van der Waals surface area contributed by atoms with Gasteiger partial charge in [0.2, 0.25) is 15.9 Å². The molecule has 0 saturated carbocycles. The zero-order valence-corrected chi connectivity index (χ0v) is 18.2. The average Bonchev–Trinajstić information content (AvgIpc) is 2.72. The Hall–Kier alpha value is -2.74. The van der Waals surface area contributed by atoms with Crippen LogP contribution < -0.4 is 4.90 Å². The molecule has 0 atom stereocenters. The van der Waals surface area contributed by atoms with E-state index in [1.54, 1.807) is 12.1 Å². The third-order valence-electron chi connectivity index (χ3n) is 4.95. The quantitative estimate of drug-likeness (QED) is 0.687. The number of anilines is 1. The lowest BCUT2D eigenvalue weighted by molar-refractivity contribution is -0.118. The molecule has 0 N–H and O–H groups in total. The maximum Gasteiger partial charge on any atom is 0.243 e. The van der Waals surface area contributed by atoms with Gasteiger partial charge < -0.3 is 4.90 Å². The van der Waals surface area contributed by atoms with Crippen LogP contribution in [0.15, 0.2) is 52.3 Å². The number of sulfonamides is 1. The summed E-state index contributed by atoms with van der Waals surface area (Å²) in [5.74, 6) is -0.400. The van der Waals surface area contributed by atoms with Crippen molar-refractivity contribution >= 4 is 31.5 Å². The van der Waals surface area contributed by atoms with Crippen LogP contribution in [-0.4, -0.2) is 53.4 Å². The third-order valence-corrected chi connectivity index (χ3v) is 7.88. The summed E-state index contributed by atoms with van der Waals surface area (Å²) >= 11 is 0. The summed E-state index contributed by atoms with van der Waals surface area (Å²) in [6.07, 6.45) is 2.42. The van der Waals surface area contributed by atoms with Gasteiger partial charge in [-0.1, -0.05) is 0 Å². The standard InChI is InChI=1S/C20H21N3O5S2/c1-22(30(27,28)17-7-5-15(13-21)6-8-17)14-20(24)23-11-3-4-16-12-18(29(2,25)26)9-10-19(16)23/h5-10,12H,3-4,11,14H2,1-2H3. The second kappa shape index (κ2) is 8.18. The second-order valence-corrected chi connectivity index (χ2v) is 11.2. The van der Waals surface area contributed by atoms with Crippen LogP contribution in [0.25, 0.3) is 0 Å². The molecule has 30 heavy (non-hydrogen) atoms. The molecule has 8 nitrogen and oxygen atoms in total. The maximum atomic E-state index is 12.9. The molecule has 2 aromatic rings. The van der Waals surface area contributed by atoms with Gasteiger partial charge in [0.05, 0.1) is 28.0 Å². The first-order chi connectivity index (χ1) is 14.0. The molecule has 0 aromatic heterocycles. The Bertz CT molecular complexity index is 1230. The van der Waals surface area contributed by atoms with E-state index in [-0.39, 0.29) is 16.3 Å². The zero-order valence-electron chi connectivity index (χ0n) is 16.6. The van der Waals surface area contributed by atoms with Crippen molar-refractivity contribution in [3.05, 3.63) is 53.6 Å². The van der Waals surface area contributed by atoms with Gasteiger partial charge in [-0.3, -0.25) is 4.79 Å². The van der Waals surface area contributed by atoms with E-state index in [2.05, 4.69) is 0 Å².